The van der Waals surface area contributed by atoms with Crippen LogP contribution in [0.2, 0.25) is 0 Å². The van der Waals surface area contributed by atoms with Gasteiger partial charge in [-0.3, -0.25) is 0 Å². The molecule has 0 aromatic heterocycles. The lowest BCUT2D eigenvalue weighted by Gasteiger charge is -2.13. The fourth-order valence-corrected chi connectivity index (χ4v) is 1.62. The lowest BCUT2D eigenvalue weighted by Crippen LogP contribution is -2.13. The Morgan fingerprint density at radius 1 is 0.682 bits per heavy atom. The quantitative estimate of drug-likeness (QED) is 0.317. The molecular weight excluding hydrogens is 300 g/mol. The Morgan fingerprint density at radius 3 is 1.59 bits per heavy atom. The zero-order valence-corrected chi connectivity index (χ0v) is 10.8. The van der Waals surface area contributed by atoms with Gasteiger partial charge >= 0.3 is 6.48 Å². The van der Waals surface area contributed by atoms with Crippen LogP contribution in [0.4, 0.5) is 0 Å². The Morgan fingerprint density at radius 2 is 1.14 bits per heavy atom. The molecule has 0 unspecified atom stereocenters. The summed E-state index contributed by atoms with van der Waals surface area (Å²) in [6.45, 7) is -2.14. The summed E-state index contributed by atoms with van der Waals surface area (Å²) in [6, 6.07) is 3.76. The number of hydrogen-bond acceptors (Lipinski definition) is 9. The molecule has 0 saturated carbocycles. The maximum atomic E-state index is 9.74. The Labute approximate surface area is 123 Å². The third kappa shape index (κ3) is 3.16. The van der Waals surface area contributed by atoms with Crippen LogP contribution in [0.15, 0.2) is 24.3 Å². The average Bonchev–Trinajstić information content (AvgIpc) is 2.39. The molecular formula is C13H12O9. The largest absolute Gasteiger partial charge is 0.504 e. The van der Waals surface area contributed by atoms with Gasteiger partial charge in [-0.15, -0.1) is 0 Å². The molecule has 0 atom stereocenters. The summed E-state index contributed by atoms with van der Waals surface area (Å²) in [5.74, 6) is -4.17. The van der Waals surface area contributed by atoms with Crippen molar-refractivity contribution in [1.29, 1.82) is 0 Å². The third-order valence-electron chi connectivity index (χ3n) is 2.53. The molecule has 2 rings (SSSR count). The third-order valence-corrected chi connectivity index (χ3v) is 2.53. The fraction of sp³-hybridized carbons (Fsp3) is 0.0769. The highest BCUT2D eigenvalue weighted by Gasteiger charge is 2.16. The van der Waals surface area contributed by atoms with E-state index in [9.17, 15) is 25.5 Å². The summed E-state index contributed by atoms with van der Waals surface area (Å²) in [5, 5.41) is 64.7. The topological polar surface area (TPSA) is 160 Å². The number of aromatic hydroxyl groups is 5. The van der Waals surface area contributed by atoms with Gasteiger partial charge in [0, 0.05) is 24.3 Å². The number of aliphatic hydroxyl groups excluding tert-OH is 1. The molecule has 9 heteroatoms. The van der Waals surface area contributed by atoms with E-state index in [4.69, 9.17) is 14.9 Å². The van der Waals surface area contributed by atoms with E-state index in [2.05, 4.69) is 4.74 Å². The van der Waals surface area contributed by atoms with E-state index in [1.54, 1.807) is 0 Å². The number of aliphatic hydroxyl groups is 2. The Hall–Kier alpha value is -3.04. The first kappa shape index (κ1) is 15.4. The monoisotopic (exact) mass is 312 g/mol. The van der Waals surface area contributed by atoms with Crippen molar-refractivity contribution in [3.05, 3.63) is 24.3 Å². The van der Waals surface area contributed by atoms with Crippen LogP contribution >= 0.6 is 0 Å². The highest BCUT2D eigenvalue weighted by Crippen LogP contribution is 2.45. The lowest BCUT2D eigenvalue weighted by molar-refractivity contribution is -0.179. The number of benzene rings is 2. The molecule has 0 bridgehead atoms. The molecule has 0 aliphatic heterocycles. The first-order valence-electron chi connectivity index (χ1n) is 5.79. The minimum atomic E-state index is -2.14. The van der Waals surface area contributed by atoms with Crippen molar-refractivity contribution in [1.82, 2.24) is 0 Å². The molecule has 0 heterocycles. The van der Waals surface area contributed by atoms with E-state index in [0.29, 0.717) is 0 Å². The van der Waals surface area contributed by atoms with Crippen molar-refractivity contribution in [2.45, 2.75) is 6.48 Å². The van der Waals surface area contributed by atoms with E-state index < -0.39 is 41.0 Å². The van der Waals surface area contributed by atoms with Crippen LogP contribution in [0.25, 0.3) is 0 Å². The second-order valence-electron chi connectivity index (χ2n) is 4.15. The van der Waals surface area contributed by atoms with Crippen LogP contribution in [0, 0.1) is 0 Å². The Kier molecular flexibility index (Phi) is 4.02. The predicted octanol–water partition coefficient (Wildman–Crippen LogP) is 0.654. The van der Waals surface area contributed by atoms with Crippen LogP contribution in [0.5, 0.6) is 46.0 Å². The summed E-state index contributed by atoms with van der Waals surface area (Å²) in [7, 11) is 0. The molecule has 0 fully saturated rings. The minimum absolute atomic E-state index is 0.186. The van der Waals surface area contributed by atoms with Gasteiger partial charge in [-0.2, -0.15) is 0 Å². The summed E-state index contributed by atoms with van der Waals surface area (Å²) in [4.78, 5) is 0. The van der Waals surface area contributed by atoms with Crippen molar-refractivity contribution in [3.8, 4) is 46.0 Å². The molecule has 9 nitrogen and oxygen atoms in total. The van der Waals surface area contributed by atoms with Gasteiger partial charge in [-0.25, -0.2) is 0 Å². The van der Waals surface area contributed by atoms with Crippen molar-refractivity contribution in [3.63, 3.8) is 0 Å². The zero-order chi connectivity index (χ0) is 16.4. The van der Waals surface area contributed by atoms with E-state index in [1.807, 2.05) is 0 Å². The molecule has 0 saturated heterocycles. The number of phenolic OH excluding ortho intramolecular Hbond substituents is 5. The molecule has 0 aliphatic carbocycles. The van der Waals surface area contributed by atoms with Gasteiger partial charge in [0.05, 0.1) is 0 Å². The molecule has 0 radical (unpaired) electrons. The maximum absolute atomic E-state index is 9.74. The zero-order valence-electron chi connectivity index (χ0n) is 10.8. The lowest BCUT2D eigenvalue weighted by atomic mass is 10.2. The van der Waals surface area contributed by atoms with Gasteiger partial charge < -0.3 is 45.2 Å². The number of ether oxygens (including phenoxy) is 2. The van der Waals surface area contributed by atoms with Gasteiger partial charge in [0.15, 0.2) is 23.0 Å². The van der Waals surface area contributed by atoms with Crippen LogP contribution < -0.4 is 9.47 Å². The van der Waals surface area contributed by atoms with E-state index in [1.165, 1.54) is 0 Å². The summed E-state index contributed by atoms with van der Waals surface area (Å²) < 4.78 is 9.56. The first-order valence-corrected chi connectivity index (χ1v) is 5.79. The molecule has 7 N–H and O–H groups in total. The number of phenols is 5. The second kappa shape index (κ2) is 5.76. The molecule has 0 aliphatic rings. The molecule has 118 valence electrons. The summed E-state index contributed by atoms with van der Waals surface area (Å²) in [5.41, 5.74) is 0. The van der Waals surface area contributed by atoms with Crippen molar-refractivity contribution in [2.24, 2.45) is 0 Å². The van der Waals surface area contributed by atoms with Crippen LogP contribution in [0.3, 0.4) is 0 Å². The second-order valence-corrected chi connectivity index (χ2v) is 4.15. The molecule has 2 aromatic rings. The van der Waals surface area contributed by atoms with Crippen molar-refractivity contribution >= 4 is 0 Å². The smallest absolute Gasteiger partial charge is 0.310 e. The highest BCUT2D eigenvalue weighted by molar-refractivity contribution is 5.58. The molecule has 0 amide bonds. The van der Waals surface area contributed by atoms with E-state index in [0.717, 1.165) is 24.3 Å². The first-order chi connectivity index (χ1) is 10.3. The highest BCUT2D eigenvalue weighted by atomic mass is 16.7. The van der Waals surface area contributed by atoms with Crippen molar-refractivity contribution in [2.75, 3.05) is 0 Å². The maximum Gasteiger partial charge on any atom is 0.310 e. The number of rotatable bonds is 4. The van der Waals surface area contributed by atoms with Gasteiger partial charge in [0.1, 0.15) is 11.5 Å². The van der Waals surface area contributed by atoms with Crippen LogP contribution in [-0.4, -0.2) is 42.2 Å². The SMILES string of the molecule is Oc1cc(Oc2c(O)cc(OC(O)O)cc2O)cc(O)c1O. The predicted molar refractivity (Wildman–Crippen MR) is 70.1 cm³/mol. The minimum Gasteiger partial charge on any atom is -0.504 e. The Bertz CT molecular complexity index is 650. The molecule has 0 spiro atoms. The van der Waals surface area contributed by atoms with Gasteiger partial charge in [-0.1, -0.05) is 0 Å². The summed E-state index contributed by atoms with van der Waals surface area (Å²) in [6.07, 6.45) is 0. The van der Waals surface area contributed by atoms with Crippen molar-refractivity contribution < 1.29 is 45.2 Å². The fourth-order valence-electron chi connectivity index (χ4n) is 1.62. The van der Waals surface area contributed by atoms with E-state index >= 15 is 0 Å². The average molecular weight is 312 g/mol. The van der Waals surface area contributed by atoms with Crippen LogP contribution in [-0.2, 0) is 0 Å². The van der Waals surface area contributed by atoms with Crippen LogP contribution in [0.1, 0.15) is 0 Å². The Balaban J connectivity index is 2.34. The molecule has 22 heavy (non-hydrogen) atoms. The number of hydrogen-bond donors (Lipinski definition) is 7. The van der Waals surface area contributed by atoms with Gasteiger partial charge in [0.25, 0.3) is 0 Å². The standard InChI is InChI=1S/C13H12O9/c14-7-1-5(2-8(15)11(7)18)21-12-9(16)3-6(4-10(12)17)22-13(19)20/h1-4,13-20H. The van der Waals surface area contributed by atoms with E-state index in [-0.39, 0.29) is 11.5 Å². The van der Waals surface area contributed by atoms with Gasteiger partial charge in [-0.05, 0) is 0 Å². The van der Waals surface area contributed by atoms with Gasteiger partial charge in [0.2, 0.25) is 11.5 Å². The molecule has 2 aromatic carbocycles. The normalized spacial score (nSPS) is 10.7. The summed E-state index contributed by atoms with van der Waals surface area (Å²) >= 11 is 0.